The van der Waals surface area contributed by atoms with E-state index >= 15 is 0 Å². The van der Waals surface area contributed by atoms with Crippen molar-refractivity contribution < 1.29 is 9.59 Å². The molecule has 0 N–H and O–H groups in total. The van der Waals surface area contributed by atoms with Crippen molar-refractivity contribution in [1.29, 1.82) is 0 Å². The highest BCUT2D eigenvalue weighted by Crippen LogP contribution is 2.25. The monoisotopic (exact) mass is 327 g/mol. The largest absolute Gasteiger partial charge is 0.269 e. The molecule has 0 spiro atoms. The zero-order chi connectivity index (χ0) is 16.0. The molecule has 0 saturated carbocycles. The Hall–Kier alpha value is -2.48. The van der Waals surface area contributed by atoms with Gasteiger partial charge in [-0.2, -0.15) is 9.78 Å². The first kappa shape index (κ1) is 14.1. The maximum atomic E-state index is 12.4. The third-order valence-corrected chi connectivity index (χ3v) is 4.81. The zero-order valence-electron chi connectivity index (χ0n) is 12.4. The second kappa shape index (κ2) is 5.31. The van der Waals surface area contributed by atoms with Crippen LogP contribution in [0.2, 0.25) is 0 Å². The molecule has 0 fully saturated rings. The van der Waals surface area contributed by atoms with Crippen molar-refractivity contribution in [3.05, 3.63) is 41.2 Å². The molecule has 7 nitrogen and oxygen atoms in total. The Morgan fingerprint density at radius 2 is 1.83 bits per heavy atom. The Kier molecular flexibility index (Phi) is 3.26. The second-order valence-electron chi connectivity index (χ2n) is 5.26. The van der Waals surface area contributed by atoms with Crippen LogP contribution in [0.4, 0.5) is 0 Å². The van der Waals surface area contributed by atoms with E-state index in [2.05, 4.69) is 15.3 Å². The van der Waals surface area contributed by atoms with E-state index < -0.39 is 0 Å². The number of carbonyl (C=O) groups is 2. The smallest absolute Gasteiger partial charge is 0.261 e. The standard InChI is InChI=1S/C15H13N5O2S/c1-2-12-16-17-15-20(12)18-9(8-23-15)7-19-13(21)10-5-3-4-6-11(10)14(19)22/h3-6H,2,7-8H2,1H3. The van der Waals surface area contributed by atoms with Gasteiger partial charge in [0.1, 0.15) is 0 Å². The van der Waals surface area contributed by atoms with Crippen LogP contribution in [0.1, 0.15) is 33.5 Å². The molecule has 23 heavy (non-hydrogen) atoms. The number of imide groups is 1. The summed E-state index contributed by atoms with van der Waals surface area (Å²) in [4.78, 5) is 26.1. The van der Waals surface area contributed by atoms with Crippen LogP contribution in [-0.4, -0.2) is 49.6 Å². The minimum Gasteiger partial charge on any atom is -0.269 e. The van der Waals surface area contributed by atoms with Gasteiger partial charge in [0, 0.05) is 12.2 Å². The third-order valence-electron chi connectivity index (χ3n) is 3.82. The fourth-order valence-corrected chi connectivity index (χ4v) is 3.48. The number of benzene rings is 1. The lowest BCUT2D eigenvalue weighted by Gasteiger charge is -2.18. The molecule has 0 aliphatic carbocycles. The van der Waals surface area contributed by atoms with Gasteiger partial charge < -0.3 is 0 Å². The SMILES string of the molecule is CCc1nnc2n1N=C(CN1C(=O)c3ccccc3C1=O)CS2. The van der Waals surface area contributed by atoms with E-state index in [0.717, 1.165) is 23.1 Å². The van der Waals surface area contributed by atoms with Crippen molar-refractivity contribution in [2.45, 2.75) is 18.5 Å². The van der Waals surface area contributed by atoms with Gasteiger partial charge in [-0.05, 0) is 12.1 Å². The van der Waals surface area contributed by atoms with E-state index in [1.165, 1.54) is 16.7 Å². The van der Waals surface area contributed by atoms with Gasteiger partial charge in [-0.3, -0.25) is 14.5 Å². The predicted molar refractivity (Wildman–Crippen MR) is 84.8 cm³/mol. The first-order chi connectivity index (χ1) is 11.2. The molecule has 2 aliphatic rings. The van der Waals surface area contributed by atoms with E-state index in [-0.39, 0.29) is 18.4 Å². The van der Waals surface area contributed by atoms with Gasteiger partial charge in [-0.1, -0.05) is 30.8 Å². The molecule has 2 amide bonds. The van der Waals surface area contributed by atoms with Gasteiger partial charge in [0.25, 0.3) is 11.8 Å². The topological polar surface area (TPSA) is 80.5 Å². The van der Waals surface area contributed by atoms with Crippen LogP contribution in [0.15, 0.2) is 34.5 Å². The molecule has 2 aliphatic heterocycles. The molecular weight excluding hydrogens is 314 g/mol. The van der Waals surface area contributed by atoms with Gasteiger partial charge in [0.15, 0.2) is 5.82 Å². The summed E-state index contributed by atoms with van der Waals surface area (Å²) < 4.78 is 1.70. The molecule has 4 rings (SSSR count). The number of aryl methyl sites for hydroxylation is 1. The van der Waals surface area contributed by atoms with Gasteiger partial charge in [0.05, 0.1) is 23.4 Å². The summed E-state index contributed by atoms with van der Waals surface area (Å²) in [5, 5.41) is 13.4. The van der Waals surface area contributed by atoms with E-state index in [1.807, 2.05) is 6.92 Å². The Morgan fingerprint density at radius 1 is 1.13 bits per heavy atom. The normalized spacial score (nSPS) is 16.4. The maximum absolute atomic E-state index is 12.4. The molecule has 3 heterocycles. The van der Waals surface area contributed by atoms with Crippen LogP contribution in [0.25, 0.3) is 0 Å². The van der Waals surface area contributed by atoms with Crippen molar-refractivity contribution in [2.24, 2.45) is 5.10 Å². The summed E-state index contributed by atoms with van der Waals surface area (Å²) in [5.74, 6) is 0.842. The number of rotatable bonds is 3. The van der Waals surface area contributed by atoms with Crippen molar-refractivity contribution in [3.8, 4) is 0 Å². The average molecular weight is 327 g/mol. The Balaban J connectivity index is 1.63. The molecule has 0 saturated heterocycles. The number of hydrogen-bond donors (Lipinski definition) is 0. The van der Waals surface area contributed by atoms with Crippen LogP contribution in [0, 0.1) is 0 Å². The summed E-state index contributed by atoms with van der Waals surface area (Å²) in [6.45, 7) is 2.18. The highest BCUT2D eigenvalue weighted by molar-refractivity contribution is 7.99. The van der Waals surface area contributed by atoms with Gasteiger partial charge in [0.2, 0.25) is 5.16 Å². The summed E-state index contributed by atoms with van der Waals surface area (Å²) in [7, 11) is 0. The number of aromatic nitrogens is 3. The lowest BCUT2D eigenvalue weighted by molar-refractivity contribution is 0.0677. The quantitative estimate of drug-likeness (QED) is 0.797. The molecule has 8 heteroatoms. The predicted octanol–water partition coefficient (Wildman–Crippen LogP) is 1.45. The minimum absolute atomic E-state index is 0.195. The van der Waals surface area contributed by atoms with Crippen molar-refractivity contribution in [1.82, 2.24) is 19.8 Å². The molecule has 0 atom stereocenters. The number of carbonyl (C=O) groups excluding carboxylic acids is 2. The summed E-state index contributed by atoms with van der Waals surface area (Å²) >= 11 is 1.51. The summed E-state index contributed by atoms with van der Waals surface area (Å²) in [5.41, 5.74) is 1.67. The first-order valence-electron chi connectivity index (χ1n) is 7.28. The summed E-state index contributed by atoms with van der Waals surface area (Å²) in [6, 6.07) is 6.89. The number of fused-ring (bicyclic) bond motifs is 2. The van der Waals surface area contributed by atoms with E-state index in [4.69, 9.17) is 0 Å². The maximum Gasteiger partial charge on any atom is 0.261 e. The number of hydrogen-bond acceptors (Lipinski definition) is 6. The lowest BCUT2D eigenvalue weighted by atomic mass is 10.1. The Bertz CT molecular complexity index is 822. The van der Waals surface area contributed by atoms with Crippen molar-refractivity contribution >= 4 is 29.3 Å². The van der Waals surface area contributed by atoms with Crippen LogP contribution in [0.5, 0.6) is 0 Å². The molecule has 0 bridgehead atoms. The van der Waals surface area contributed by atoms with Gasteiger partial charge >= 0.3 is 0 Å². The minimum atomic E-state index is -0.261. The highest BCUT2D eigenvalue weighted by atomic mass is 32.2. The molecule has 0 radical (unpaired) electrons. The number of thioether (sulfide) groups is 1. The first-order valence-corrected chi connectivity index (χ1v) is 8.26. The van der Waals surface area contributed by atoms with Crippen LogP contribution in [-0.2, 0) is 6.42 Å². The zero-order valence-corrected chi connectivity index (χ0v) is 13.2. The summed E-state index contributed by atoms with van der Waals surface area (Å²) in [6.07, 6.45) is 0.720. The van der Waals surface area contributed by atoms with Crippen LogP contribution < -0.4 is 0 Å². The lowest BCUT2D eigenvalue weighted by Crippen LogP contribution is -2.36. The van der Waals surface area contributed by atoms with E-state index in [0.29, 0.717) is 16.9 Å². The third kappa shape index (κ3) is 2.17. The number of amides is 2. The molecular formula is C15H13N5O2S. The van der Waals surface area contributed by atoms with Crippen molar-refractivity contribution in [3.63, 3.8) is 0 Å². The fourth-order valence-electron chi connectivity index (χ4n) is 2.67. The number of nitrogens with zero attached hydrogens (tertiary/aromatic N) is 5. The van der Waals surface area contributed by atoms with Gasteiger partial charge in [-0.15, -0.1) is 10.2 Å². The van der Waals surface area contributed by atoms with Crippen LogP contribution in [0.3, 0.4) is 0 Å². The van der Waals surface area contributed by atoms with E-state index in [9.17, 15) is 9.59 Å². The van der Waals surface area contributed by atoms with Crippen molar-refractivity contribution in [2.75, 3.05) is 12.3 Å². The average Bonchev–Trinajstić information content (AvgIpc) is 3.10. The van der Waals surface area contributed by atoms with E-state index in [1.54, 1.807) is 28.9 Å². The molecule has 1 aromatic heterocycles. The Morgan fingerprint density at radius 3 is 2.48 bits per heavy atom. The van der Waals surface area contributed by atoms with Gasteiger partial charge in [-0.25, -0.2) is 0 Å². The molecule has 2 aromatic rings. The fraction of sp³-hybridized carbons (Fsp3) is 0.267. The van der Waals surface area contributed by atoms with Crippen LogP contribution >= 0.6 is 11.8 Å². The highest BCUT2D eigenvalue weighted by Gasteiger charge is 2.36. The second-order valence-corrected chi connectivity index (χ2v) is 6.20. The Labute approximate surface area is 136 Å². The molecule has 116 valence electrons. The molecule has 1 aromatic carbocycles. The molecule has 0 unspecified atom stereocenters.